The molecule has 0 amide bonds. The Bertz CT molecular complexity index is 431. The summed E-state index contributed by atoms with van der Waals surface area (Å²) in [5.74, 6) is 0. The molecule has 2 aromatic rings. The molecule has 41 radical (unpaired) electrons. The van der Waals surface area contributed by atoms with Gasteiger partial charge in [0.1, 0.15) is 0 Å². The van der Waals surface area contributed by atoms with Gasteiger partial charge in [0, 0.05) is 1340 Å². The molecule has 0 atom stereocenters. The second-order valence-electron chi connectivity index (χ2n) is 3.02. The Kier molecular flexibility index (Phi) is 1180. The maximum atomic E-state index is 3.29. The van der Waals surface area contributed by atoms with Crippen LogP contribution in [0.25, 0.3) is 11.1 Å². The fourth-order valence-corrected chi connectivity index (χ4v) is 1.30. The van der Waals surface area contributed by atoms with Gasteiger partial charge in [0.15, 0.2) is 0 Å². The van der Waals surface area contributed by atoms with Crippen molar-refractivity contribution in [1.29, 1.82) is 0 Å². The first-order valence-electron chi connectivity index (χ1n) is 4.32. The second kappa shape index (κ2) is 233. The van der Waals surface area contributed by atoms with Crippen LogP contribution in [0, 0.1) is 19.1 Å². The van der Waals surface area contributed by atoms with Crippen molar-refractivity contribution < 1.29 is 1340 Å². The van der Waals surface area contributed by atoms with Crippen molar-refractivity contribution in [1.82, 2.24) is 0 Å². The largest absolute Gasteiger partial charge is 0.226 e. The fourth-order valence-electron chi connectivity index (χ4n) is 1.30. The van der Waals surface area contributed by atoms with Crippen LogP contribution in [0.15, 0.2) is 42.5 Å². The Balaban J connectivity index is -0.00000000126. The minimum absolute atomic E-state index is 0. The van der Waals surface area contributed by atoms with Crippen molar-refractivity contribution in [2.45, 2.75) is 6.92 Å². The first kappa shape index (κ1) is 274. The van der Waals surface area contributed by atoms with E-state index in [0.717, 1.165) is 16.7 Å². The molecule has 0 aliphatic rings. The number of hydrogen-bond donors (Lipinski definition) is 0. The molecule has 0 nitrogen and oxygen atoms in total. The molecule has 0 N–H and O–H groups in total. The molecule has 41 heteroatoms. The molecule has 0 aliphatic heterocycles. The Hall–Kier alpha value is 43.7. The molecule has 0 saturated carbocycles. The van der Waals surface area contributed by atoms with Crippen LogP contribution in [0.5, 0.6) is 0 Å². The van der Waals surface area contributed by atoms with E-state index in [1.807, 2.05) is 43.3 Å². The van der Waals surface area contributed by atoms with Crippen LogP contribution in [-0.2, 0) is 1340 Å². The maximum absolute atomic E-state index is 3.29. The third-order valence-corrected chi connectivity index (χ3v) is 1.94. The van der Waals surface area contributed by atoms with Crippen LogP contribution in [0.3, 0.4) is 0 Å². The normalized spacial score (nSPS) is 2.39. The molecule has 0 aliphatic carbocycles. The van der Waals surface area contributed by atoms with Crippen LogP contribution >= 0.6 is 0 Å². The monoisotopic (exact) mass is 3810 g/mol. The van der Waals surface area contributed by atoms with Crippen molar-refractivity contribution in [3.8, 4) is 11.1 Å². The summed E-state index contributed by atoms with van der Waals surface area (Å²) in [7, 11) is 0. The topological polar surface area (TPSA) is 0 Å². The van der Waals surface area contributed by atoms with Crippen LogP contribution in [0.2, 0.25) is 0 Å². The summed E-state index contributed by atoms with van der Waals surface area (Å²) < 4.78 is 0. The van der Waals surface area contributed by atoms with Gasteiger partial charge in [-0.15, -0.1) is 17.7 Å². The average molecular weight is 3810 g/mol. The quantitative estimate of drug-likeness (QED) is 0.386. The van der Waals surface area contributed by atoms with Crippen LogP contribution in [0.1, 0.15) is 5.56 Å². The van der Waals surface area contributed by atoms with Crippen molar-refractivity contribution in [2.75, 3.05) is 0 Å². The Labute approximate surface area is 1370 Å². The molecule has 0 spiro atoms. The first-order chi connectivity index (χ1) is 6.36. The molecule has 0 heterocycles. The Morgan fingerprint density at radius 2 is 0.444 bits per heavy atom. The van der Waals surface area contributed by atoms with Gasteiger partial charge in [-0.3, -0.25) is 0 Å². The van der Waals surface area contributed by atoms with Gasteiger partial charge in [-0.1, -0.05) is 6.92 Å². The van der Waals surface area contributed by atoms with Crippen LogP contribution in [0.4, 0.5) is 0 Å². The third kappa shape index (κ3) is 199. The van der Waals surface area contributed by atoms with Gasteiger partial charge in [0.25, 0.3) is 0 Å². The van der Waals surface area contributed by atoms with Gasteiger partial charge in [-0.05, 0) is 0 Å². The zero-order valence-electron chi connectivity index (χ0n) is 31.2. The number of benzene rings is 2. The molecule has 2 aromatic carbocycles. The van der Waals surface area contributed by atoms with E-state index in [2.05, 4.69) is 18.2 Å². The predicted molar refractivity (Wildman–Crippen MR) is 54.3 cm³/mol. The predicted octanol–water partition coefficient (Wildman–Crippen LogP) is 3.16. The van der Waals surface area contributed by atoms with Crippen molar-refractivity contribution >= 4 is 0 Å². The average Bonchev–Trinajstić information content (AvgIpc) is 2.19. The van der Waals surface area contributed by atoms with Gasteiger partial charge in [-0.25, -0.2) is 11.1 Å². The molecule has 0 fully saturated rings. The van der Waals surface area contributed by atoms with E-state index < -0.39 is 0 Å². The molecular weight excluding hydrogens is 3800 g/mol. The molecule has 54 heavy (non-hydrogen) atoms. The van der Waals surface area contributed by atoms with Gasteiger partial charge in [0.2, 0.25) is 0 Å². The van der Waals surface area contributed by atoms with Crippen molar-refractivity contribution in [2.24, 2.45) is 0 Å². The van der Waals surface area contributed by atoms with E-state index in [4.69, 9.17) is 0 Å². The van der Waals surface area contributed by atoms with E-state index in [-0.39, 0.29) is 1340 Å². The molecular formula is C13H10Y41-2. The SMILES string of the molecule is Cc1[c-]c(-c2[c-]cccc2)ccc1.[Y].[Y].[Y].[Y].[Y].[Y].[Y].[Y].[Y].[Y].[Y].[Y].[Y].[Y].[Y].[Y].[Y].[Y].[Y].[Y].[Y].[Y].[Y].[Y].[Y].[Y].[Y].[Y].[Y].[Y].[Y].[Y].[Y].[Y].[Y].[Y].[Y].[Y].[Y].[Y].[Y]. The first-order valence-corrected chi connectivity index (χ1v) is 4.32. The summed E-state index contributed by atoms with van der Waals surface area (Å²) in [4.78, 5) is 0. The van der Waals surface area contributed by atoms with Crippen molar-refractivity contribution in [3.05, 3.63) is 60.2 Å². The summed E-state index contributed by atoms with van der Waals surface area (Å²) in [5, 5.41) is 0. The van der Waals surface area contributed by atoms with Crippen LogP contribution < -0.4 is 0 Å². The zero-order chi connectivity index (χ0) is 9.10. The zero-order valence-corrected chi connectivity index (χ0v) is 148. The van der Waals surface area contributed by atoms with E-state index >= 15 is 0 Å². The fraction of sp³-hybridized carbons (Fsp3) is 0.0769. The summed E-state index contributed by atoms with van der Waals surface area (Å²) in [6, 6.07) is 20.6. The molecule has 0 aromatic heterocycles. The minimum Gasteiger partial charge on any atom is -0.226 e. The Morgan fingerprint density at radius 3 is 0.611 bits per heavy atom. The van der Waals surface area contributed by atoms with Gasteiger partial charge in [0.05, 0.1) is 0 Å². The molecule has 0 bridgehead atoms. The summed E-state index contributed by atoms with van der Waals surface area (Å²) in [5.41, 5.74) is 3.38. The smallest absolute Gasteiger partial charge is 0 e. The molecule has 0 saturated heterocycles. The minimum atomic E-state index is 0. The van der Waals surface area contributed by atoms with E-state index in [0.29, 0.717) is 0 Å². The molecule has 2 rings (SSSR count). The van der Waals surface area contributed by atoms with E-state index in [9.17, 15) is 0 Å². The third-order valence-electron chi connectivity index (χ3n) is 1.94. The summed E-state index contributed by atoms with van der Waals surface area (Å²) >= 11 is 0. The van der Waals surface area contributed by atoms with Crippen LogP contribution in [-0.4, -0.2) is 0 Å². The van der Waals surface area contributed by atoms with E-state index in [1.54, 1.807) is 0 Å². The van der Waals surface area contributed by atoms with E-state index in [1.165, 1.54) is 0 Å². The second-order valence-corrected chi connectivity index (χ2v) is 3.02. The summed E-state index contributed by atoms with van der Waals surface area (Å²) in [6.45, 7) is 2.05. The number of aryl methyl sites for hydroxylation is 1. The molecule has 187 valence electrons. The van der Waals surface area contributed by atoms with Gasteiger partial charge < -0.3 is 0 Å². The van der Waals surface area contributed by atoms with Gasteiger partial charge in [-0.2, -0.15) is 42.5 Å². The van der Waals surface area contributed by atoms with Gasteiger partial charge >= 0.3 is 0 Å². The number of hydrogen-bond acceptors (Lipinski definition) is 0. The standard InChI is InChI=1S/C13H10.41Y/c1-11-6-5-9-13(10-11)12-7-3-2-4-8-12;;;;;;;;;;;;;;;;;;;;;;;;;;;;;;;;;;;;;;;;;/h2-7,9H,1H3;;;;;;;;;;;;;;;;;;;;;;;;;;;;;;;;;;;;;;;;;/q-2;;;;;;;;;;;;;;;;;;;;;;;;;;;;;;;;;;;;;;;;;. The maximum Gasteiger partial charge on any atom is 0 e. The molecule has 0 unspecified atom stereocenters. The Morgan fingerprint density at radius 1 is 0.241 bits per heavy atom. The van der Waals surface area contributed by atoms with Crippen molar-refractivity contribution in [3.63, 3.8) is 0 Å². The summed E-state index contributed by atoms with van der Waals surface area (Å²) in [6.07, 6.45) is 0. The number of rotatable bonds is 1.